The molecule has 0 radical (unpaired) electrons. The van der Waals surface area contributed by atoms with Gasteiger partial charge in [-0.15, -0.1) is 6.58 Å². The minimum atomic E-state index is -0.355. The summed E-state index contributed by atoms with van der Waals surface area (Å²) in [6.45, 7) is 9.65. The Morgan fingerprint density at radius 1 is 1.26 bits per heavy atom. The Hall–Kier alpha value is -3.15. The molecule has 1 aromatic heterocycles. The summed E-state index contributed by atoms with van der Waals surface area (Å²) in [5.41, 5.74) is 2.33. The van der Waals surface area contributed by atoms with Gasteiger partial charge < -0.3 is 15.6 Å². The lowest BCUT2D eigenvalue weighted by Gasteiger charge is -2.19. The van der Waals surface area contributed by atoms with Gasteiger partial charge in [0, 0.05) is 18.9 Å². The first kappa shape index (κ1) is 20.2. The molecule has 0 aliphatic rings. The number of nitrogens with one attached hydrogen (secondary N) is 3. The van der Waals surface area contributed by atoms with Crippen molar-refractivity contribution >= 4 is 17.9 Å². The maximum absolute atomic E-state index is 12.6. The number of H-pyrrole nitrogens is 1. The van der Waals surface area contributed by atoms with E-state index in [0.29, 0.717) is 18.7 Å². The summed E-state index contributed by atoms with van der Waals surface area (Å²) in [5.74, 6) is -0.675. The number of imidazole rings is 1. The Labute approximate surface area is 159 Å². The number of hydrogen-bond acceptors (Lipinski definition) is 3. The van der Waals surface area contributed by atoms with Gasteiger partial charge in [0.25, 0.3) is 5.91 Å². The summed E-state index contributed by atoms with van der Waals surface area (Å²) in [5, 5.41) is 5.43. The third kappa shape index (κ3) is 5.67. The first-order chi connectivity index (χ1) is 12.8. The number of carbonyl (C=O) groups is 2. The van der Waals surface area contributed by atoms with Crippen LogP contribution in [-0.4, -0.2) is 28.3 Å². The number of nitrogens with zero attached hydrogens (tertiary/aromatic N) is 1. The van der Waals surface area contributed by atoms with E-state index in [1.165, 1.54) is 6.92 Å². The van der Waals surface area contributed by atoms with E-state index in [4.69, 9.17) is 0 Å². The predicted octanol–water partition coefficient (Wildman–Crippen LogP) is 2.71. The molecule has 2 amide bonds. The normalized spacial score (nSPS) is 11.7. The van der Waals surface area contributed by atoms with E-state index < -0.39 is 0 Å². The SMILES string of the molecule is C=CC(C)(C)c1[nH]cnc1/C=C(\NC(C)=O)C(=O)NCCc1ccccc1. The highest BCUT2D eigenvalue weighted by molar-refractivity contribution is 6.00. The predicted molar refractivity (Wildman–Crippen MR) is 107 cm³/mol. The third-order valence-corrected chi connectivity index (χ3v) is 4.20. The highest BCUT2D eigenvalue weighted by atomic mass is 16.2. The van der Waals surface area contributed by atoms with Gasteiger partial charge in [0.1, 0.15) is 5.70 Å². The molecule has 6 heteroatoms. The Kier molecular flexibility index (Phi) is 6.71. The van der Waals surface area contributed by atoms with Crippen LogP contribution in [-0.2, 0) is 21.4 Å². The third-order valence-electron chi connectivity index (χ3n) is 4.20. The number of aromatic nitrogens is 2. The number of aromatic amines is 1. The van der Waals surface area contributed by atoms with E-state index in [9.17, 15) is 9.59 Å². The number of rotatable bonds is 8. The summed E-state index contributed by atoms with van der Waals surface area (Å²) < 4.78 is 0. The fourth-order valence-corrected chi connectivity index (χ4v) is 2.58. The standard InChI is InChI=1S/C21H26N4O2/c1-5-21(3,4)19-17(23-14-24-19)13-18(25-15(2)26)20(27)22-12-11-16-9-7-6-8-10-16/h5-10,13-14H,1,11-12H2,2-4H3,(H,22,27)(H,23,24)(H,25,26)/b18-13-. The minimum absolute atomic E-state index is 0.156. The quantitative estimate of drug-likeness (QED) is 0.496. The maximum Gasteiger partial charge on any atom is 0.267 e. The van der Waals surface area contributed by atoms with E-state index in [-0.39, 0.29) is 22.9 Å². The smallest absolute Gasteiger partial charge is 0.267 e. The molecule has 0 atom stereocenters. The molecule has 0 bridgehead atoms. The van der Waals surface area contributed by atoms with E-state index in [1.807, 2.05) is 44.2 Å². The number of hydrogen-bond donors (Lipinski definition) is 3. The van der Waals surface area contributed by atoms with Gasteiger partial charge in [-0.3, -0.25) is 9.59 Å². The van der Waals surface area contributed by atoms with Crippen molar-refractivity contribution in [1.82, 2.24) is 20.6 Å². The zero-order valence-corrected chi connectivity index (χ0v) is 16.0. The van der Waals surface area contributed by atoms with E-state index in [2.05, 4.69) is 27.2 Å². The van der Waals surface area contributed by atoms with Crippen molar-refractivity contribution in [3.05, 3.63) is 72.0 Å². The first-order valence-corrected chi connectivity index (χ1v) is 8.82. The molecule has 2 aromatic rings. The molecular formula is C21H26N4O2. The van der Waals surface area contributed by atoms with Crippen LogP contribution in [0.25, 0.3) is 6.08 Å². The van der Waals surface area contributed by atoms with Crippen LogP contribution < -0.4 is 10.6 Å². The fraction of sp³-hybridized carbons (Fsp3) is 0.286. The van der Waals surface area contributed by atoms with Gasteiger partial charge in [-0.1, -0.05) is 50.3 Å². The molecule has 1 aromatic carbocycles. The lowest BCUT2D eigenvalue weighted by atomic mass is 9.88. The largest absolute Gasteiger partial charge is 0.350 e. The lowest BCUT2D eigenvalue weighted by Crippen LogP contribution is -2.35. The average Bonchev–Trinajstić information content (AvgIpc) is 3.11. The second-order valence-corrected chi connectivity index (χ2v) is 6.82. The molecule has 6 nitrogen and oxygen atoms in total. The summed E-state index contributed by atoms with van der Waals surface area (Å²) in [4.78, 5) is 31.5. The molecule has 0 saturated carbocycles. The molecule has 0 saturated heterocycles. The van der Waals surface area contributed by atoms with Crippen LogP contribution in [0.15, 0.2) is 55.0 Å². The molecule has 0 unspecified atom stereocenters. The van der Waals surface area contributed by atoms with Gasteiger partial charge >= 0.3 is 0 Å². The molecule has 0 aliphatic carbocycles. The van der Waals surface area contributed by atoms with Gasteiger partial charge in [0.05, 0.1) is 17.7 Å². The van der Waals surface area contributed by atoms with Crippen LogP contribution in [0.1, 0.15) is 37.7 Å². The molecular weight excluding hydrogens is 340 g/mol. The van der Waals surface area contributed by atoms with E-state index >= 15 is 0 Å². The topological polar surface area (TPSA) is 86.9 Å². The highest BCUT2D eigenvalue weighted by Gasteiger charge is 2.22. The van der Waals surface area contributed by atoms with Gasteiger partial charge in [-0.2, -0.15) is 0 Å². The van der Waals surface area contributed by atoms with E-state index in [1.54, 1.807) is 18.5 Å². The summed E-state index contributed by atoms with van der Waals surface area (Å²) in [6.07, 6.45) is 5.65. The van der Waals surface area contributed by atoms with Crippen molar-refractivity contribution in [2.75, 3.05) is 6.54 Å². The number of amides is 2. The minimum Gasteiger partial charge on any atom is -0.350 e. The van der Waals surface area contributed by atoms with Crippen molar-refractivity contribution in [2.45, 2.75) is 32.6 Å². The molecule has 1 heterocycles. The Bertz CT molecular complexity index is 835. The Balaban J connectivity index is 2.16. The molecule has 27 heavy (non-hydrogen) atoms. The van der Waals surface area contributed by atoms with E-state index in [0.717, 1.165) is 11.3 Å². The number of carbonyl (C=O) groups excluding carboxylic acids is 2. The molecule has 3 N–H and O–H groups in total. The van der Waals surface area contributed by atoms with Crippen molar-refractivity contribution in [3.63, 3.8) is 0 Å². The highest BCUT2D eigenvalue weighted by Crippen LogP contribution is 2.26. The van der Waals surface area contributed by atoms with Gasteiger partial charge in [0.2, 0.25) is 5.91 Å². The van der Waals surface area contributed by atoms with Crippen LogP contribution in [0.3, 0.4) is 0 Å². The maximum atomic E-state index is 12.6. The lowest BCUT2D eigenvalue weighted by molar-refractivity contribution is -0.122. The summed E-state index contributed by atoms with van der Waals surface area (Å²) in [6, 6.07) is 9.88. The molecule has 142 valence electrons. The fourth-order valence-electron chi connectivity index (χ4n) is 2.58. The van der Waals surface area contributed by atoms with Gasteiger partial charge in [0.15, 0.2) is 0 Å². The Morgan fingerprint density at radius 2 is 1.96 bits per heavy atom. The average molecular weight is 366 g/mol. The van der Waals surface area contributed by atoms with Crippen molar-refractivity contribution in [1.29, 1.82) is 0 Å². The molecule has 0 fully saturated rings. The molecule has 2 rings (SSSR count). The van der Waals surface area contributed by atoms with Gasteiger partial charge in [-0.25, -0.2) is 4.98 Å². The number of allylic oxidation sites excluding steroid dienone is 1. The van der Waals surface area contributed by atoms with Crippen LogP contribution in [0.5, 0.6) is 0 Å². The van der Waals surface area contributed by atoms with Crippen LogP contribution in [0, 0.1) is 0 Å². The summed E-state index contributed by atoms with van der Waals surface area (Å²) in [7, 11) is 0. The summed E-state index contributed by atoms with van der Waals surface area (Å²) >= 11 is 0. The van der Waals surface area contributed by atoms with Crippen LogP contribution in [0.4, 0.5) is 0 Å². The van der Waals surface area contributed by atoms with Gasteiger partial charge in [-0.05, 0) is 18.1 Å². The van der Waals surface area contributed by atoms with Crippen molar-refractivity contribution < 1.29 is 9.59 Å². The molecule has 0 aliphatic heterocycles. The van der Waals surface area contributed by atoms with Crippen molar-refractivity contribution in [2.24, 2.45) is 0 Å². The zero-order chi connectivity index (χ0) is 19.9. The second-order valence-electron chi connectivity index (χ2n) is 6.82. The van der Waals surface area contributed by atoms with Crippen LogP contribution in [0.2, 0.25) is 0 Å². The van der Waals surface area contributed by atoms with Crippen molar-refractivity contribution in [3.8, 4) is 0 Å². The second kappa shape index (κ2) is 8.98. The number of benzene rings is 1. The first-order valence-electron chi connectivity index (χ1n) is 8.82. The van der Waals surface area contributed by atoms with Crippen LogP contribution >= 0.6 is 0 Å². The Morgan fingerprint density at radius 3 is 2.59 bits per heavy atom. The molecule has 0 spiro atoms. The monoisotopic (exact) mass is 366 g/mol. The zero-order valence-electron chi connectivity index (χ0n) is 16.0.